The fraction of sp³-hybridized carbons (Fsp3) is 0.412. The summed E-state index contributed by atoms with van der Waals surface area (Å²) in [5, 5.41) is 5.57. The molecule has 1 N–H and O–H groups in total. The van der Waals surface area contributed by atoms with Crippen molar-refractivity contribution in [3.05, 3.63) is 35.3 Å². The Labute approximate surface area is 163 Å². The van der Waals surface area contributed by atoms with Crippen LogP contribution in [0.25, 0.3) is 0 Å². The van der Waals surface area contributed by atoms with E-state index in [0.29, 0.717) is 36.3 Å². The molecule has 144 valence electrons. The molecule has 7 nitrogen and oxygen atoms in total. The van der Waals surface area contributed by atoms with Crippen molar-refractivity contribution in [3.8, 4) is 11.5 Å². The van der Waals surface area contributed by atoms with Crippen molar-refractivity contribution >= 4 is 34.8 Å². The van der Waals surface area contributed by atoms with Gasteiger partial charge in [-0.3, -0.25) is 9.69 Å². The van der Waals surface area contributed by atoms with Gasteiger partial charge in [0.1, 0.15) is 11.5 Å². The number of hydrogen-bond acceptors (Lipinski definition) is 7. The molecule has 1 amide bonds. The van der Waals surface area contributed by atoms with E-state index in [1.807, 2.05) is 17.5 Å². The molecular formula is C17H24ClN3O4S. The lowest BCUT2D eigenvalue weighted by Gasteiger charge is -2.21. The molecule has 0 aliphatic rings. The number of anilines is 1. The number of ether oxygens (including phenoxy) is 3. The maximum atomic E-state index is 12.7. The zero-order chi connectivity index (χ0) is 18.1. The van der Waals surface area contributed by atoms with Crippen LogP contribution in [0.5, 0.6) is 11.5 Å². The average molecular weight is 402 g/mol. The van der Waals surface area contributed by atoms with Crippen molar-refractivity contribution in [1.29, 1.82) is 0 Å². The second-order valence-electron chi connectivity index (χ2n) is 5.14. The average Bonchev–Trinajstić information content (AvgIpc) is 3.17. The van der Waals surface area contributed by atoms with E-state index in [4.69, 9.17) is 14.2 Å². The van der Waals surface area contributed by atoms with Crippen molar-refractivity contribution in [2.75, 3.05) is 45.9 Å². The Hall–Kier alpha value is -1.87. The number of aromatic nitrogens is 1. The summed E-state index contributed by atoms with van der Waals surface area (Å²) in [6.07, 6.45) is 1.68. The molecule has 2 rings (SSSR count). The maximum absolute atomic E-state index is 12.7. The van der Waals surface area contributed by atoms with E-state index < -0.39 is 0 Å². The highest BCUT2D eigenvalue weighted by Crippen LogP contribution is 2.28. The van der Waals surface area contributed by atoms with Crippen LogP contribution in [0.1, 0.15) is 5.56 Å². The molecule has 1 aromatic heterocycles. The van der Waals surface area contributed by atoms with Crippen molar-refractivity contribution in [3.63, 3.8) is 0 Å². The normalized spacial score (nSPS) is 10.1. The molecule has 2 aromatic rings. The fourth-order valence-corrected chi connectivity index (χ4v) is 2.89. The smallest absolute Gasteiger partial charge is 0.243 e. The lowest BCUT2D eigenvalue weighted by molar-refractivity contribution is -0.118. The molecule has 0 spiro atoms. The summed E-state index contributed by atoms with van der Waals surface area (Å²) in [4.78, 5) is 18.6. The van der Waals surface area contributed by atoms with Crippen LogP contribution in [0.3, 0.4) is 0 Å². The molecule has 9 heteroatoms. The Kier molecular flexibility index (Phi) is 9.97. The van der Waals surface area contributed by atoms with E-state index in [0.717, 1.165) is 5.56 Å². The van der Waals surface area contributed by atoms with Crippen LogP contribution in [-0.2, 0) is 16.1 Å². The van der Waals surface area contributed by atoms with Gasteiger partial charge in [0, 0.05) is 36.9 Å². The largest absolute Gasteiger partial charge is 0.497 e. The number of thiazole rings is 1. The van der Waals surface area contributed by atoms with Crippen molar-refractivity contribution < 1.29 is 19.0 Å². The SMILES string of the molecule is COCCNCC(=O)N(Cc1ccc(OC)cc1OC)c1nccs1.Cl. The van der Waals surface area contributed by atoms with Crippen LogP contribution in [0, 0.1) is 0 Å². The third-order valence-electron chi connectivity index (χ3n) is 3.53. The van der Waals surface area contributed by atoms with Crippen molar-refractivity contribution in [2.24, 2.45) is 0 Å². The maximum Gasteiger partial charge on any atom is 0.243 e. The Bertz CT molecular complexity index is 670. The summed E-state index contributed by atoms with van der Waals surface area (Å²) in [5.74, 6) is 1.30. The predicted molar refractivity (Wildman–Crippen MR) is 105 cm³/mol. The van der Waals surface area contributed by atoms with Crippen molar-refractivity contribution in [2.45, 2.75) is 6.54 Å². The monoisotopic (exact) mass is 401 g/mol. The van der Waals surface area contributed by atoms with Crippen LogP contribution in [0.2, 0.25) is 0 Å². The number of nitrogens with zero attached hydrogens (tertiary/aromatic N) is 2. The van der Waals surface area contributed by atoms with Gasteiger partial charge >= 0.3 is 0 Å². The number of carbonyl (C=O) groups is 1. The number of carbonyl (C=O) groups excluding carboxylic acids is 1. The number of nitrogens with one attached hydrogen (secondary N) is 1. The van der Waals surface area contributed by atoms with Gasteiger partial charge in [0.15, 0.2) is 5.13 Å². The minimum atomic E-state index is -0.0658. The van der Waals surface area contributed by atoms with Crippen LogP contribution in [0.15, 0.2) is 29.8 Å². The number of hydrogen-bond donors (Lipinski definition) is 1. The highest BCUT2D eigenvalue weighted by Gasteiger charge is 2.20. The van der Waals surface area contributed by atoms with E-state index in [1.165, 1.54) is 11.3 Å². The molecule has 0 saturated heterocycles. The first-order valence-corrected chi connectivity index (χ1v) is 8.68. The van der Waals surface area contributed by atoms with Crippen LogP contribution < -0.4 is 19.7 Å². The molecule has 0 unspecified atom stereocenters. The van der Waals surface area contributed by atoms with E-state index in [9.17, 15) is 4.79 Å². The number of methoxy groups -OCH3 is 3. The zero-order valence-electron chi connectivity index (χ0n) is 15.1. The van der Waals surface area contributed by atoms with Gasteiger partial charge in [-0.25, -0.2) is 4.98 Å². The standard InChI is InChI=1S/C17H23N3O4S.ClH/c1-22-8-6-18-11-16(21)20(17-19-7-9-25-17)12-13-4-5-14(23-2)10-15(13)24-3;/h4-5,7,9-10,18H,6,8,11-12H2,1-3H3;1H. The molecule has 0 saturated carbocycles. The molecule has 1 heterocycles. The van der Waals surface area contributed by atoms with E-state index in [2.05, 4.69) is 10.3 Å². The van der Waals surface area contributed by atoms with Crippen LogP contribution in [-0.4, -0.2) is 51.9 Å². The van der Waals surface area contributed by atoms with Crippen molar-refractivity contribution in [1.82, 2.24) is 10.3 Å². The number of amides is 1. The summed E-state index contributed by atoms with van der Waals surface area (Å²) in [6.45, 7) is 1.74. The molecule has 0 atom stereocenters. The lowest BCUT2D eigenvalue weighted by atomic mass is 10.1. The number of rotatable bonds is 10. The van der Waals surface area contributed by atoms with Crippen LogP contribution in [0.4, 0.5) is 5.13 Å². The molecule has 0 aliphatic heterocycles. The predicted octanol–water partition coefficient (Wildman–Crippen LogP) is 2.35. The van der Waals surface area contributed by atoms with Gasteiger partial charge in [0.05, 0.1) is 33.9 Å². The topological polar surface area (TPSA) is 72.9 Å². The molecule has 0 fully saturated rings. The molecule has 0 radical (unpaired) electrons. The van der Waals surface area contributed by atoms with Gasteiger partial charge in [-0.15, -0.1) is 23.7 Å². The minimum Gasteiger partial charge on any atom is -0.497 e. The Morgan fingerprint density at radius 3 is 2.69 bits per heavy atom. The number of halogens is 1. The Morgan fingerprint density at radius 2 is 2.08 bits per heavy atom. The Balaban J connectivity index is 0.00000338. The minimum absolute atomic E-state index is 0. The molecule has 1 aromatic carbocycles. The summed E-state index contributed by atoms with van der Waals surface area (Å²) in [6, 6.07) is 5.54. The second kappa shape index (κ2) is 11.7. The quantitative estimate of drug-likeness (QED) is 0.616. The van der Waals surface area contributed by atoms with E-state index in [1.54, 1.807) is 38.5 Å². The first-order chi connectivity index (χ1) is 12.2. The molecule has 26 heavy (non-hydrogen) atoms. The molecule has 0 bridgehead atoms. The summed E-state index contributed by atoms with van der Waals surface area (Å²) < 4.78 is 15.6. The van der Waals surface area contributed by atoms with E-state index >= 15 is 0 Å². The number of benzene rings is 1. The lowest BCUT2D eigenvalue weighted by Crippen LogP contribution is -2.38. The second-order valence-corrected chi connectivity index (χ2v) is 6.01. The van der Waals surface area contributed by atoms with Gasteiger partial charge in [0.25, 0.3) is 0 Å². The highest BCUT2D eigenvalue weighted by atomic mass is 35.5. The summed E-state index contributed by atoms with van der Waals surface area (Å²) in [7, 11) is 4.83. The van der Waals surface area contributed by atoms with Gasteiger partial charge in [0.2, 0.25) is 5.91 Å². The fourth-order valence-electron chi connectivity index (χ4n) is 2.23. The van der Waals surface area contributed by atoms with Crippen LogP contribution >= 0.6 is 23.7 Å². The zero-order valence-corrected chi connectivity index (χ0v) is 16.7. The molecular weight excluding hydrogens is 378 g/mol. The van der Waals surface area contributed by atoms with Gasteiger partial charge in [-0.2, -0.15) is 0 Å². The highest BCUT2D eigenvalue weighted by molar-refractivity contribution is 7.13. The first-order valence-electron chi connectivity index (χ1n) is 7.80. The third-order valence-corrected chi connectivity index (χ3v) is 4.33. The van der Waals surface area contributed by atoms with Gasteiger partial charge in [-0.1, -0.05) is 0 Å². The van der Waals surface area contributed by atoms with Gasteiger partial charge in [-0.05, 0) is 12.1 Å². The summed E-state index contributed by atoms with van der Waals surface area (Å²) >= 11 is 1.42. The Morgan fingerprint density at radius 1 is 1.27 bits per heavy atom. The summed E-state index contributed by atoms with van der Waals surface area (Å²) in [5.41, 5.74) is 0.878. The third kappa shape index (κ3) is 6.14. The van der Waals surface area contributed by atoms with E-state index in [-0.39, 0.29) is 24.9 Å². The van der Waals surface area contributed by atoms with Gasteiger partial charge < -0.3 is 19.5 Å². The first kappa shape index (κ1) is 22.2. The molecule has 0 aliphatic carbocycles.